The molecule has 82 valence electrons. The molecule has 0 radical (unpaired) electrons. The SMILES string of the molecule is CN1C[C@H](OC(C)(C)C)C[C@H]1C(=O)O. The molecule has 0 aromatic heterocycles. The molecule has 14 heavy (non-hydrogen) atoms. The molecule has 0 amide bonds. The number of carboxylic acids is 1. The number of carbonyl (C=O) groups is 1. The average molecular weight is 201 g/mol. The number of likely N-dealkylation sites (N-methyl/N-ethyl adjacent to an activating group) is 1. The van der Waals surface area contributed by atoms with Crippen molar-refractivity contribution in [2.75, 3.05) is 13.6 Å². The normalized spacial score (nSPS) is 29.4. The van der Waals surface area contributed by atoms with Gasteiger partial charge in [0.2, 0.25) is 0 Å². The summed E-state index contributed by atoms with van der Waals surface area (Å²) in [7, 11) is 1.82. The zero-order valence-corrected chi connectivity index (χ0v) is 9.28. The van der Waals surface area contributed by atoms with Crippen molar-refractivity contribution in [2.24, 2.45) is 0 Å². The topological polar surface area (TPSA) is 49.8 Å². The molecule has 1 saturated heterocycles. The first-order valence-electron chi connectivity index (χ1n) is 4.90. The lowest BCUT2D eigenvalue weighted by molar-refractivity contribution is -0.141. The van der Waals surface area contributed by atoms with E-state index in [2.05, 4.69) is 0 Å². The number of hydrogen-bond acceptors (Lipinski definition) is 3. The Balaban J connectivity index is 2.51. The Morgan fingerprint density at radius 3 is 2.43 bits per heavy atom. The van der Waals surface area contributed by atoms with E-state index in [9.17, 15) is 4.79 Å². The standard InChI is InChI=1S/C10H19NO3/c1-10(2,3)14-7-5-8(9(12)13)11(4)6-7/h7-8H,5-6H2,1-4H3,(H,12,13)/t7-,8+/m1/s1. The molecule has 4 nitrogen and oxygen atoms in total. The average Bonchev–Trinajstić information content (AvgIpc) is 2.26. The molecule has 1 fully saturated rings. The molecule has 0 aliphatic carbocycles. The molecule has 0 unspecified atom stereocenters. The van der Waals surface area contributed by atoms with E-state index in [1.165, 1.54) is 0 Å². The van der Waals surface area contributed by atoms with Gasteiger partial charge in [-0.2, -0.15) is 0 Å². The van der Waals surface area contributed by atoms with Gasteiger partial charge in [-0.15, -0.1) is 0 Å². The smallest absolute Gasteiger partial charge is 0.321 e. The van der Waals surface area contributed by atoms with E-state index in [0.717, 1.165) is 0 Å². The molecule has 0 bridgehead atoms. The van der Waals surface area contributed by atoms with Crippen molar-refractivity contribution in [3.63, 3.8) is 0 Å². The van der Waals surface area contributed by atoms with Gasteiger partial charge in [-0.3, -0.25) is 9.69 Å². The summed E-state index contributed by atoms with van der Waals surface area (Å²) < 4.78 is 5.74. The van der Waals surface area contributed by atoms with Crippen LogP contribution in [-0.2, 0) is 9.53 Å². The van der Waals surface area contributed by atoms with Crippen LogP contribution >= 0.6 is 0 Å². The highest BCUT2D eigenvalue weighted by atomic mass is 16.5. The van der Waals surface area contributed by atoms with Crippen LogP contribution in [0, 0.1) is 0 Å². The minimum Gasteiger partial charge on any atom is -0.480 e. The predicted molar refractivity (Wildman–Crippen MR) is 53.3 cm³/mol. The van der Waals surface area contributed by atoms with Crippen molar-refractivity contribution in [3.05, 3.63) is 0 Å². The van der Waals surface area contributed by atoms with E-state index in [1.54, 1.807) is 0 Å². The van der Waals surface area contributed by atoms with Gasteiger partial charge in [0, 0.05) is 13.0 Å². The van der Waals surface area contributed by atoms with Crippen LogP contribution in [0.5, 0.6) is 0 Å². The summed E-state index contributed by atoms with van der Waals surface area (Å²) in [6.45, 7) is 6.66. The Bertz CT molecular complexity index is 222. The summed E-state index contributed by atoms with van der Waals surface area (Å²) in [5.41, 5.74) is -0.196. The lowest BCUT2D eigenvalue weighted by Gasteiger charge is -2.24. The van der Waals surface area contributed by atoms with Crippen molar-refractivity contribution in [3.8, 4) is 0 Å². The minimum atomic E-state index is -0.757. The zero-order chi connectivity index (χ0) is 10.9. The van der Waals surface area contributed by atoms with Crippen LogP contribution in [-0.4, -0.2) is 47.3 Å². The molecule has 0 saturated carbocycles. The first-order valence-corrected chi connectivity index (χ1v) is 4.90. The second-order valence-electron chi connectivity index (χ2n) is 4.88. The third-order valence-corrected chi connectivity index (χ3v) is 2.32. The van der Waals surface area contributed by atoms with Gasteiger partial charge in [0.25, 0.3) is 0 Å². The zero-order valence-electron chi connectivity index (χ0n) is 9.28. The minimum absolute atomic E-state index is 0.0427. The van der Waals surface area contributed by atoms with Crippen LogP contribution < -0.4 is 0 Å². The van der Waals surface area contributed by atoms with E-state index >= 15 is 0 Å². The fraction of sp³-hybridized carbons (Fsp3) is 0.900. The molecule has 2 atom stereocenters. The van der Waals surface area contributed by atoms with E-state index in [-0.39, 0.29) is 17.7 Å². The maximum atomic E-state index is 10.8. The van der Waals surface area contributed by atoms with Gasteiger partial charge in [-0.1, -0.05) is 0 Å². The number of rotatable bonds is 2. The first kappa shape index (κ1) is 11.5. The van der Waals surface area contributed by atoms with Crippen molar-refractivity contribution in [1.82, 2.24) is 4.90 Å². The molecule has 1 aliphatic heterocycles. The summed E-state index contributed by atoms with van der Waals surface area (Å²) in [6.07, 6.45) is 0.629. The van der Waals surface area contributed by atoms with Crippen LogP contribution in [0.25, 0.3) is 0 Å². The second-order valence-corrected chi connectivity index (χ2v) is 4.88. The van der Waals surface area contributed by atoms with Crippen LogP contribution in [0.3, 0.4) is 0 Å². The summed E-state index contributed by atoms with van der Waals surface area (Å²) in [5.74, 6) is -0.757. The number of nitrogens with zero attached hydrogens (tertiary/aromatic N) is 1. The van der Waals surface area contributed by atoms with Crippen LogP contribution in [0.2, 0.25) is 0 Å². The van der Waals surface area contributed by atoms with Crippen molar-refractivity contribution < 1.29 is 14.6 Å². The molecule has 1 rings (SSSR count). The Hall–Kier alpha value is -0.610. The Morgan fingerprint density at radius 2 is 2.07 bits per heavy atom. The number of hydrogen-bond donors (Lipinski definition) is 1. The van der Waals surface area contributed by atoms with Crippen LogP contribution in [0.1, 0.15) is 27.2 Å². The Morgan fingerprint density at radius 1 is 1.50 bits per heavy atom. The summed E-state index contributed by atoms with van der Waals surface area (Å²) >= 11 is 0. The van der Waals surface area contributed by atoms with Crippen molar-refractivity contribution >= 4 is 5.97 Å². The van der Waals surface area contributed by atoms with Crippen LogP contribution in [0.4, 0.5) is 0 Å². The fourth-order valence-electron chi connectivity index (χ4n) is 1.83. The molecule has 0 spiro atoms. The quantitative estimate of drug-likeness (QED) is 0.723. The summed E-state index contributed by atoms with van der Waals surface area (Å²) in [5, 5.41) is 8.90. The van der Waals surface area contributed by atoms with Gasteiger partial charge in [-0.05, 0) is 27.8 Å². The molecule has 4 heteroatoms. The molecular weight excluding hydrogens is 182 g/mol. The summed E-state index contributed by atoms with van der Waals surface area (Å²) in [4.78, 5) is 12.7. The van der Waals surface area contributed by atoms with Gasteiger partial charge < -0.3 is 9.84 Å². The molecule has 1 N–H and O–H groups in total. The Labute approximate surface area is 84.8 Å². The third-order valence-electron chi connectivity index (χ3n) is 2.32. The van der Waals surface area contributed by atoms with Gasteiger partial charge in [0.05, 0.1) is 11.7 Å². The van der Waals surface area contributed by atoms with Gasteiger partial charge in [-0.25, -0.2) is 0 Å². The lowest BCUT2D eigenvalue weighted by Crippen LogP contribution is -2.32. The second kappa shape index (κ2) is 3.87. The molecular formula is C10H19NO3. The maximum Gasteiger partial charge on any atom is 0.321 e. The largest absolute Gasteiger partial charge is 0.480 e. The number of carboxylic acid groups (broad SMARTS) is 1. The van der Waals surface area contributed by atoms with E-state index in [4.69, 9.17) is 9.84 Å². The van der Waals surface area contributed by atoms with Gasteiger partial charge in [0.15, 0.2) is 0 Å². The molecule has 1 aliphatic rings. The van der Waals surface area contributed by atoms with Crippen molar-refractivity contribution in [2.45, 2.75) is 44.9 Å². The van der Waals surface area contributed by atoms with Crippen LogP contribution in [0.15, 0.2) is 0 Å². The fourth-order valence-corrected chi connectivity index (χ4v) is 1.83. The van der Waals surface area contributed by atoms with E-state index in [0.29, 0.717) is 13.0 Å². The molecule has 0 aromatic rings. The third kappa shape index (κ3) is 2.96. The van der Waals surface area contributed by atoms with Gasteiger partial charge >= 0.3 is 5.97 Å². The number of likely N-dealkylation sites (tertiary alicyclic amines) is 1. The van der Waals surface area contributed by atoms with E-state index in [1.807, 2.05) is 32.7 Å². The van der Waals surface area contributed by atoms with E-state index < -0.39 is 5.97 Å². The highest BCUT2D eigenvalue weighted by Crippen LogP contribution is 2.23. The summed E-state index contributed by atoms with van der Waals surface area (Å²) in [6, 6.07) is -0.387. The number of aliphatic carboxylic acids is 1. The predicted octanol–water partition coefficient (Wildman–Crippen LogP) is 0.959. The van der Waals surface area contributed by atoms with Gasteiger partial charge in [0.1, 0.15) is 6.04 Å². The highest BCUT2D eigenvalue weighted by Gasteiger charge is 2.36. The van der Waals surface area contributed by atoms with Crippen molar-refractivity contribution in [1.29, 1.82) is 0 Å². The Kier molecular flexibility index (Phi) is 3.17. The monoisotopic (exact) mass is 201 g/mol. The molecule has 0 aromatic carbocycles. The molecule has 1 heterocycles. The first-order chi connectivity index (χ1) is 6.29. The highest BCUT2D eigenvalue weighted by molar-refractivity contribution is 5.73. The number of ether oxygens (including phenoxy) is 1. The lowest BCUT2D eigenvalue weighted by atomic mass is 10.1. The maximum absolute atomic E-state index is 10.8.